The van der Waals surface area contributed by atoms with Gasteiger partial charge in [-0.2, -0.15) is 0 Å². The number of benzene rings is 2. The first-order valence-electron chi connectivity index (χ1n) is 7.59. The van der Waals surface area contributed by atoms with Crippen LogP contribution < -0.4 is 14.8 Å². The van der Waals surface area contributed by atoms with Crippen molar-refractivity contribution in [1.82, 2.24) is 5.32 Å². The summed E-state index contributed by atoms with van der Waals surface area (Å²) in [4.78, 5) is 0. The quantitative estimate of drug-likeness (QED) is 0.621. The minimum Gasteiger partial charge on any atom is -0.493 e. The van der Waals surface area contributed by atoms with Crippen molar-refractivity contribution in [3.8, 4) is 11.5 Å². The Morgan fingerprint density at radius 3 is 2.74 bits per heavy atom. The fourth-order valence-corrected chi connectivity index (χ4v) is 2.90. The molecule has 0 saturated carbocycles. The Kier molecular flexibility index (Phi) is 7.21. The molecule has 2 rings (SSSR count). The van der Waals surface area contributed by atoms with Crippen molar-refractivity contribution in [1.29, 1.82) is 0 Å². The zero-order chi connectivity index (χ0) is 16.7. The molecule has 2 aromatic rings. The van der Waals surface area contributed by atoms with E-state index in [0.717, 1.165) is 46.6 Å². The number of ether oxygens (including phenoxy) is 2. The molecule has 0 radical (unpaired) electrons. The molecule has 124 valence electrons. The van der Waals surface area contributed by atoms with Gasteiger partial charge in [-0.15, -0.1) is 0 Å². The Morgan fingerprint density at radius 2 is 2.04 bits per heavy atom. The molecular weight excluding hydrogens is 378 g/mol. The zero-order valence-electron chi connectivity index (χ0n) is 13.4. The first-order valence-corrected chi connectivity index (χ1v) is 8.76. The molecule has 0 aliphatic carbocycles. The Morgan fingerprint density at radius 1 is 1.22 bits per heavy atom. The molecule has 23 heavy (non-hydrogen) atoms. The smallest absolute Gasteiger partial charge is 0.167 e. The lowest BCUT2D eigenvalue weighted by molar-refractivity contribution is 0.280. The van der Waals surface area contributed by atoms with Crippen LogP contribution in [0.25, 0.3) is 0 Å². The molecule has 0 heterocycles. The molecule has 0 atom stereocenters. The average Bonchev–Trinajstić information content (AvgIpc) is 2.55. The summed E-state index contributed by atoms with van der Waals surface area (Å²) in [7, 11) is 1.65. The third-order valence-corrected chi connectivity index (χ3v) is 4.37. The average molecular weight is 399 g/mol. The van der Waals surface area contributed by atoms with Gasteiger partial charge in [-0.1, -0.05) is 46.6 Å². The lowest BCUT2D eigenvalue weighted by atomic mass is 10.1. The number of hydrogen-bond acceptors (Lipinski definition) is 3. The van der Waals surface area contributed by atoms with E-state index < -0.39 is 0 Å². The molecule has 0 saturated heterocycles. The summed E-state index contributed by atoms with van der Waals surface area (Å²) in [5.74, 6) is 1.48. The molecule has 3 nitrogen and oxygen atoms in total. The summed E-state index contributed by atoms with van der Waals surface area (Å²) in [5, 5.41) is 4.11. The van der Waals surface area contributed by atoms with Crippen molar-refractivity contribution in [2.45, 2.75) is 26.5 Å². The number of rotatable bonds is 8. The molecule has 0 bridgehead atoms. The van der Waals surface area contributed by atoms with Crippen LogP contribution in [0.5, 0.6) is 11.5 Å². The summed E-state index contributed by atoms with van der Waals surface area (Å²) in [6.45, 7) is 4.26. The maximum atomic E-state index is 6.06. The summed E-state index contributed by atoms with van der Waals surface area (Å²) in [6.07, 6.45) is 1.08. The first-order chi connectivity index (χ1) is 11.2. The van der Waals surface area contributed by atoms with Gasteiger partial charge in [-0.25, -0.2) is 0 Å². The van der Waals surface area contributed by atoms with Gasteiger partial charge < -0.3 is 14.8 Å². The van der Waals surface area contributed by atoms with Crippen LogP contribution in [0.3, 0.4) is 0 Å². The van der Waals surface area contributed by atoms with Gasteiger partial charge >= 0.3 is 0 Å². The SMILES string of the molecule is CCCNCc1c(Br)ccc(OC)c1OCc1cccc(Cl)c1. The molecule has 0 aromatic heterocycles. The molecule has 5 heteroatoms. The van der Waals surface area contributed by atoms with Crippen LogP contribution in [0.4, 0.5) is 0 Å². The van der Waals surface area contributed by atoms with Crippen LogP contribution in [-0.2, 0) is 13.2 Å². The number of halogens is 2. The maximum Gasteiger partial charge on any atom is 0.167 e. The fraction of sp³-hybridized carbons (Fsp3) is 0.333. The fourth-order valence-electron chi connectivity index (χ4n) is 2.24. The zero-order valence-corrected chi connectivity index (χ0v) is 15.7. The molecule has 2 aromatic carbocycles. The molecule has 0 amide bonds. The first kappa shape index (κ1) is 18.1. The van der Waals surface area contributed by atoms with Gasteiger partial charge in [0.1, 0.15) is 6.61 Å². The maximum absolute atomic E-state index is 6.06. The Labute approximate surface area is 151 Å². The highest BCUT2D eigenvalue weighted by molar-refractivity contribution is 9.10. The van der Waals surface area contributed by atoms with E-state index in [-0.39, 0.29) is 0 Å². The second kappa shape index (κ2) is 9.16. The van der Waals surface area contributed by atoms with Crippen molar-refractivity contribution in [2.24, 2.45) is 0 Å². The van der Waals surface area contributed by atoms with Crippen LogP contribution in [0, 0.1) is 0 Å². The van der Waals surface area contributed by atoms with E-state index in [1.165, 1.54) is 0 Å². The van der Waals surface area contributed by atoms with Crippen LogP contribution >= 0.6 is 27.5 Å². The Bertz CT molecular complexity index is 649. The largest absolute Gasteiger partial charge is 0.493 e. The van der Waals surface area contributed by atoms with Crippen molar-refractivity contribution in [3.05, 3.63) is 57.0 Å². The standard InChI is InChI=1S/C18H21BrClNO2/c1-3-9-21-11-15-16(19)7-8-17(22-2)18(15)23-12-13-5-4-6-14(20)10-13/h4-8,10,21H,3,9,11-12H2,1-2H3. The normalized spacial score (nSPS) is 10.6. The van der Waals surface area contributed by atoms with Gasteiger partial charge in [0.15, 0.2) is 11.5 Å². The van der Waals surface area contributed by atoms with Crippen LogP contribution in [0.15, 0.2) is 40.9 Å². The summed E-state index contributed by atoms with van der Waals surface area (Å²) in [6, 6.07) is 11.6. The van der Waals surface area contributed by atoms with Crippen molar-refractivity contribution < 1.29 is 9.47 Å². The minimum absolute atomic E-state index is 0.439. The Hall–Kier alpha value is -1.23. The lowest BCUT2D eigenvalue weighted by Crippen LogP contribution is -2.15. The molecule has 0 unspecified atom stereocenters. The van der Waals surface area contributed by atoms with Gasteiger partial charge in [0, 0.05) is 21.6 Å². The second-order valence-electron chi connectivity index (χ2n) is 5.15. The highest BCUT2D eigenvalue weighted by Crippen LogP contribution is 2.36. The van der Waals surface area contributed by atoms with E-state index in [1.807, 2.05) is 36.4 Å². The predicted octanol–water partition coefficient (Wildman–Crippen LogP) is 5.19. The van der Waals surface area contributed by atoms with Gasteiger partial charge in [0.2, 0.25) is 0 Å². The van der Waals surface area contributed by atoms with Crippen molar-refractivity contribution in [3.63, 3.8) is 0 Å². The molecule has 0 aliphatic rings. The highest BCUT2D eigenvalue weighted by Gasteiger charge is 2.14. The second-order valence-corrected chi connectivity index (χ2v) is 6.44. The molecule has 0 fully saturated rings. The lowest BCUT2D eigenvalue weighted by Gasteiger charge is -2.17. The van der Waals surface area contributed by atoms with Gasteiger partial charge in [0.25, 0.3) is 0 Å². The third kappa shape index (κ3) is 5.13. The number of methoxy groups -OCH3 is 1. The highest BCUT2D eigenvalue weighted by atomic mass is 79.9. The monoisotopic (exact) mass is 397 g/mol. The van der Waals surface area contributed by atoms with Gasteiger partial charge in [0.05, 0.1) is 7.11 Å². The van der Waals surface area contributed by atoms with E-state index in [4.69, 9.17) is 21.1 Å². The van der Waals surface area contributed by atoms with Crippen LogP contribution in [0.1, 0.15) is 24.5 Å². The molecular formula is C18H21BrClNO2. The van der Waals surface area contributed by atoms with E-state index in [1.54, 1.807) is 7.11 Å². The van der Waals surface area contributed by atoms with E-state index in [2.05, 4.69) is 28.2 Å². The van der Waals surface area contributed by atoms with E-state index in [9.17, 15) is 0 Å². The van der Waals surface area contributed by atoms with Crippen LogP contribution in [-0.4, -0.2) is 13.7 Å². The molecule has 0 aliphatic heterocycles. The van der Waals surface area contributed by atoms with Crippen LogP contribution in [0.2, 0.25) is 5.02 Å². The summed E-state index contributed by atoms with van der Waals surface area (Å²) < 4.78 is 12.5. The van der Waals surface area contributed by atoms with Gasteiger partial charge in [-0.05, 0) is 42.8 Å². The number of hydrogen-bond donors (Lipinski definition) is 1. The topological polar surface area (TPSA) is 30.5 Å². The Balaban J connectivity index is 2.21. The third-order valence-electron chi connectivity index (χ3n) is 3.39. The molecule has 1 N–H and O–H groups in total. The summed E-state index contributed by atoms with van der Waals surface area (Å²) in [5.41, 5.74) is 2.08. The number of nitrogens with one attached hydrogen (secondary N) is 1. The van der Waals surface area contributed by atoms with E-state index >= 15 is 0 Å². The van der Waals surface area contributed by atoms with E-state index in [0.29, 0.717) is 11.6 Å². The van der Waals surface area contributed by atoms with Crippen molar-refractivity contribution >= 4 is 27.5 Å². The summed E-state index contributed by atoms with van der Waals surface area (Å²) >= 11 is 9.63. The minimum atomic E-state index is 0.439. The predicted molar refractivity (Wildman–Crippen MR) is 98.5 cm³/mol. The molecule has 0 spiro atoms. The van der Waals surface area contributed by atoms with Gasteiger partial charge in [-0.3, -0.25) is 0 Å². The van der Waals surface area contributed by atoms with Crippen molar-refractivity contribution in [2.75, 3.05) is 13.7 Å².